The molecule has 0 saturated heterocycles. The van der Waals surface area contributed by atoms with Crippen LogP contribution >= 0.6 is 23.1 Å². The van der Waals surface area contributed by atoms with Gasteiger partial charge in [-0.3, -0.25) is 14.2 Å². The number of aryl methyl sites for hydroxylation is 3. The van der Waals surface area contributed by atoms with Gasteiger partial charge in [0.15, 0.2) is 5.16 Å². The van der Waals surface area contributed by atoms with E-state index < -0.39 is 17.6 Å². The van der Waals surface area contributed by atoms with E-state index in [1.54, 1.807) is 4.57 Å². The predicted molar refractivity (Wildman–Crippen MR) is 137 cm³/mol. The lowest BCUT2D eigenvalue weighted by atomic mass is 9.97. The van der Waals surface area contributed by atoms with E-state index in [1.807, 2.05) is 31.2 Å². The van der Waals surface area contributed by atoms with E-state index >= 15 is 0 Å². The minimum absolute atomic E-state index is 0.0563. The smallest absolute Gasteiger partial charge is 0.325 e. The van der Waals surface area contributed by atoms with Crippen LogP contribution in [0.5, 0.6) is 0 Å². The Morgan fingerprint density at radius 1 is 1.14 bits per heavy atom. The predicted octanol–water partition coefficient (Wildman–Crippen LogP) is 6.38. The monoisotopic (exact) mass is 529 g/mol. The number of anilines is 1. The Kier molecular flexibility index (Phi) is 6.65. The molecule has 0 fully saturated rings. The zero-order valence-corrected chi connectivity index (χ0v) is 20.9. The van der Waals surface area contributed by atoms with Crippen molar-refractivity contribution in [1.29, 1.82) is 0 Å². The fourth-order valence-corrected chi connectivity index (χ4v) is 6.49. The van der Waals surface area contributed by atoms with Gasteiger partial charge in [-0.2, -0.15) is 13.2 Å². The number of nitrogens with one attached hydrogen (secondary N) is 1. The van der Waals surface area contributed by atoms with Crippen LogP contribution in [0.4, 0.5) is 18.9 Å². The number of carbonyl (C=O) groups excluding carboxylic acids is 1. The Bertz CT molecular complexity index is 1530. The molecule has 0 spiro atoms. The number of rotatable bonds is 5. The fraction of sp³-hybridized carbons (Fsp3) is 0.269. The third-order valence-electron chi connectivity index (χ3n) is 6.02. The van der Waals surface area contributed by atoms with E-state index in [1.165, 1.54) is 28.3 Å². The molecule has 1 N–H and O–H groups in total. The van der Waals surface area contributed by atoms with Gasteiger partial charge in [-0.25, -0.2) is 4.98 Å². The largest absolute Gasteiger partial charge is 0.416 e. The third-order valence-corrected chi connectivity index (χ3v) is 8.15. The van der Waals surface area contributed by atoms with Gasteiger partial charge in [0, 0.05) is 10.6 Å². The number of alkyl halides is 3. The summed E-state index contributed by atoms with van der Waals surface area (Å²) in [6.07, 6.45) is -0.592. The second-order valence-corrected chi connectivity index (χ2v) is 10.7. The van der Waals surface area contributed by atoms with Crippen LogP contribution < -0.4 is 10.9 Å². The van der Waals surface area contributed by atoms with Crippen LogP contribution in [0.15, 0.2) is 58.5 Å². The number of fused-ring (bicyclic) bond motifs is 3. The first-order chi connectivity index (χ1) is 17.2. The molecule has 2 heterocycles. The highest BCUT2D eigenvalue weighted by atomic mass is 32.2. The van der Waals surface area contributed by atoms with Gasteiger partial charge in [0.1, 0.15) is 4.83 Å². The van der Waals surface area contributed by atoms with E-state index in [0.29, 0.717) is 21.1 Å². The number of nitrogens with zero attached hydrogens (tertiary/aromatic N) is 2. The first kappa shape index (κ1) is 24.6. The molecule has 0 atom stereocenters. The zero-order valence-electron chi connectivity index (χ0n) is 19.3. The first-order valence-corrected chi connectivity index (χ1v) is 13.2. The molecule has 1 aliphatic rings. The van der Waals surface area contributed by atoms with Gasteiger partial charge in [-0.15, -0.1) is 11.3 Å². The summed E-state index contributed by atoms with van der Waals surface area (Å²) < 4.78 is 40.6. The maximum Gasteiger partial charge on any atom is 0.416 e. The Hall–Kier alpha value is -3.11. The van der Waals surface area contributed by atoms with Gasteiger partial charge in [-0.05, 0) is 74.1 Å². The van der Waals surface area contributed by atoms with Gasteiger partial charge < -0.3 is 5.32 Å². The van der Waals surface area contributed by atoms with E-state index in [0.717, 1.165) is 60.7 Å². The summed E-state index contributed by atoms with van der Waals surface area (Å²) in [6, 6.07) is 12.0. The molecule has 1 aliphatic carbocycles. The summed E-state index contributed by atoms with van der Waals surface area (Å²) >= 11 is 2.62. The van der Waals surface area contributed by atoms with Gasteiger partial charge in [0.2, 0.25) is 5.91 Å². The molecule has 0 aliphatic heterocycles. The highest BCUT2D eigenvalue weighted by Crippen LogP contribution is 2.35. The summed E-state index contributed by atoms with van der Waals surface area (Å²) in [5, 5.41) is 3.53. The average molecular weight is 530 g/mol. The van der Waals surface area contributed by atoms with Gasteiger partial charge in [0.05, 0.1) is 22.4 Å². The quantitative estimate of drug-likeness (QED) is 0.241. The molecule has 0 bridgehead atoms. The second-order valence-electron chi connectivity index (χ2n) is 8.68. The van der Waals surface area contributed by atoms with Crippen LogP contribution in [0.2, 0.25) is 0 Å². The number of thiophene rings is 1. The van der Waals surface area contributed by atoms with Crippen LogP contribution in [0.3, 0.4) is 0 Å². The highest BCUT2D eigenvalue weighted by molar-refractivity contribution is 7.99. The third kappa shape index (κ3) is 4.92. The lowest BCUT2D eigenvalue weighted by molar-refractivity contribution is -0.137. The van der Waals surface area contributed by atoms with Crippen molar-refractivity contribution in [1.82, 2.24) is 9.55 Å². The number of hydrogen-bond acceptors (Lipinski definition) is 5. The number of carbonyl (C=O) groups is 1. The number of hydrogen-bond donors (Lipinski definition) is 1. The van der Waals surface area contributed by atoms with Crippen LogP contribution in [-0.2, 0) is 23.8 Å². The van der Waals surface area contributed by atoms with E-state index in [9.17, 15) is 22.8 Å². The molecule has 0 unspecified atom stereocenters. The summed E-state index contributed by atoms with van der Waals surface area (Å²) in [7, 11) is 0. The standard InChI is InChI=1S/C26H22F3N3O2S2/c1-15-6-4-9-18(12-15)32-24(34)22-19-10-2-3-11-20(19)36-23(22)31-25(32)35-14-21(33)30-17-8-5-7-16(13-17)26(27,28)29/h4-9,12-13H,2-3,10-11,14H2,1H3,(H,30,33). The molecule has 4 aromatic rings. The Morgan fingerprint density at radius 2 is 1.92 bits per heavy atom. The van der Waals surface area contributed by atoms with Crippen molar-refractivity contribution in [2.45, 2.75) is 43.9 Å². The fourth-order valence-electron chi connectivity index (χ4n) is 4.38. The van der Waals surface area contributed by atoms with Crippen LogP contribution in [0.1, 0.15) is 34.4 Å². The van der Waals surface area contributed by atoms with Crippen molar-refractivity contribution in [3.05, 3.63) is 80.5 Å². The maximum absolute atomic E-state index is 13.8. The van der Waals surface area contributed by atoms with Crippen LogP contribution in [0, 0.1) is 6.92 Å². The molecule has 2 aromatic carbocycles. The van der Waals surface area contributed by atoms with Crippen molar-refractivity contribution in [2.75, 3.05) is 11.1 Å². The molecule has 5 rings (SSSR count). The van der Waals surface area contributed by atoms with E-state index in [4.69, 9.17) is 4.98 Å². The topological polar surface area (TPSA) is 64.0 Å². The summed E-state index contributed by atoms with van der Waals surface area (Å²) in [6.45, 7) is 1.93. The second kappa shape index (κ2) is 9.74. The lowest BCUT2D eigenvalue weighted by Gasteiger charge is -2.14. The SMILES string of the molecule is Cc1cccc(-n2c(SCC(=O)Nc3cccc(C(F)(F)F)c3)nc3sc4c(c3c2=O)CCCC4)c1. The van der Waals surface area contributed by atoms with Crippen molar-refractivity contribution in [3.63, 3.8) is 0 Å². The molecule has 36 heavy (non-hydrogen) atoms. The van der Waals surface area contributed by atoms with Crippen molar-refractivity contribution >= 4 is 44.9 Å². The van der Waals surface area contributed by atoms with Crippen molar-refractivity contribution in [2.24, 2.45) is 0 Å². The Balaban J connectivity index is 1.48. The highest BCUT2D eigenvalue weighted by Gasteiger charge is 2.30. The molecule has 5 nitrogen and oxygen atoms in total. The molecule has 0 radical (unpaired) electrons. The van der Waals surface area contributed by atoms with Gasteiger partial charge in [-0.1, -0.05) is 30.0 Å². The number of benzene rings is 2. The first-order valence-electron chi connectivity index (χ1n) is 11.4. The molecule has 2 aromatic heterocycles. The van der Waals surface area contributed by atoms with Crippen molar-refractivity contribution < 1.29 is 18.0 Å². The molecule has 186 valence electrons. The van der Waals surface area contributed by atoms with E-state index in [2.05, 4.69) is 5.32 Å². The average Bonchev–Trinajstić information content (AvgIpc) is 3.21. The maximum atomic E-state index is 13.8. The van der Waals surface area contributed by atoms with Crippen LogP contribution in [-0.4, -0.2) is 21.2 Å². The lowest BCUT2D eigenvalue weighted by Crippen LogP contribution is -2.23. The normalized spacial score (nSPS) is 13.6. The molecule has 0 saturated carbocycles. The van der Waals surface area contributed by atoms with Crippen molar-refractivity contribution in [3.8, 4) is 5.69 Å². The van der Waals surface area contributed by atoms with Crippen LogP contribution in [0.25, 0.3) is 15.9 Å². The zero-order chi connectivity index (χ0) is 25.4. The summed E-state index contributed by atoms with van der Waals surface area (Å²) in [5.74, 6) is -0.611. The van der Waals surface area contributed by atoms with Gasteiger partial charge >= 0.3 is 6.18 Å². The summed E-state index contributed by atoms with van der Waals surface area (Å²) in [4.78, 5) is 33.0. The minimum Gasteiger partial charge on any atom is -0.325 e. The molecular formula is C26H22F3N3O2S2. The Labute approximate surface area is 213 Å². The number of halogens is 3. The Morgan fingerprint density at radius 3 is 2.69 bits per heavy atom. The minimum atomic E-state index is -4.50. The van der Waals surface area contributed by atoms with Gasteiger partial charge in [0.25, 0.3) is 5.56 Å². The molecule has 10 heteroatoms. The number of aromatic nitrogens is 2. The molecular weight excluding hydrogens is 507 g/mol. The molecule has 1 amide bonds. The number of thioether (sulfide) groups is 1. The number of amides is 1. The van der Waals surface area contributed by atoms with E-state index in [-0.39, 0.29) is 17.0 Å². The summed E-state index contributed by atoms with van der Waals surface area (Å²) in [5.41, 5.74) is 1.77.